The van der Waals surface area contributed by atoms with E-state index in [1.165, 1.54) is 0 Å². The first-order chi connectivity index (χ1) is 9.75. The highest BCUT2D eigenvalue weighted by molar-refractivity contribution is 7.89. The molecule has 1 heterocycles. The van der Waals surface area contributed by atoms with Gasteiger partial charge in [0.2, 0.25) is 10.0 Å². The van der Waals surface area contributed by atoms with Crippen LogP contribution in [0.5, 0.6) is 0 Å². The average molecular weight is 323 g/mol. The Bertz CT molecular complexity index is 634. The molecular formula is C13H16F3NO3S. The number of rotatable bonds is 3. The van der Waals surface area contributed by atoms with Crippen LogP contribution in [-0.4, -0.2) is 37.0 Å². The zero-order valence-electron chi connectivity index (χ0n) is 11.4. The molecule has 4 nitrogen and oxygen atoms in total. The van der Waals surface area contributed by atoms with Crippen molar-refractivity contribution in [3.05, 3.63) is 29.6 Å². The van der Waals surface area contributed by atoms with Crippen molar-refractivity contribution in [3.8, 4) is 0 Å². The normalized spacial score (nSPS) is 22.2. The fourth-order valence-corrected chi connectivity index (χ4v) is 4.02. The molecule has 2 rings (SSSR count). The molecule has 2 atom stereocenters. The van der Waals surface area contributed by atoms with Crippen LogP contribution in [0.2, 0.25) is 0 Å². The van der Waals surface area contributed by atoms with Crippen molar-refractivity contribution < 1.29 is 26.7 Å². The molecule has 0 aromatic heterocycles. The maximum atomic E-state index is 13.7. The smallest absolute Gasteiger partial charge is 0.246 e. The lowest BCUT2D eigenvalue weighted by Crippen LogP contribution is -2.43. The first kappa shape index (κ1) is 16.3. The van der Waals surface area contributed by atoms with Crippen molar-refractivity contribution in [2.24, 2.45) is 5.92 Å². The number of piperidine rings is 1. The lowest BCUT2D eigenvalue weighted by atomic mass is 9.95. The summed E-state index contributed by atoms with van der Waals surface area (Å²) in [6.07, 6.45) is 0.474. The largest absolute Gasteiger partial charge is 0.393 e. The molecule has 2 unspecified atom stereocenters. The van der Waals surface area contributed by atoms with Crippen molar-refractivity contribution in [1.29, 1.82) is 0 Å². The molecule has 8 heteroatoms. The van der Waals surface area contributed by atoms with Gasteiger partial charge >= 0.3 is 0 Å². The molecule has 1 aromatic rings. The Morgan fingerprint density at radius 3 is 2.57 bits per heavy atom. The lowest BCUT2D eigenvalue weighted by molar-refractivity contribution is 0.0884. The third kappa shape index (κ3) is 3.07. The van der Waals surface area contributed by atoms with Crippen LogP contribution in [0.25, 0.3) is 0 Å². The van der Waals surface area contributed by atoms with Crippen LogP contribution in [-0.2, 0) is 10.0 Å². The molecule has 1 N–H and O–H groups in total. The summed E-state index contributed by atoms with van der Waals surface area (Å²) in [6.45, 7) is 1.74. The second kappa shape index (κ2) is 5.94. The summed E-state index contributed by atoms with van der Waals surface area (Å²) in [4.78, 5) is -0.882. The van der Waals surface area contributed by atoms with Crippen LogP contribution in [0.3, 0.4) is 0 Å². The van der Waals surface area contributed by atoms with E-state index in [1.54, 1.807) is 6.92 Å². The molecule has 0 saturated carbocycles. The summed E-state index contributed by atoms with van der Waals surface area (Å²) in [5.41, 5.74) is 0. The number of aliphatic hydroxyl groups excluding tert-OH is 1. The highest BCUT2D eigenvalue weighted by atomic mass is 32.2. The zero-order valence-corrected chi connectivity index (χ0v) is 12.2. The first-order valence-electron chi connectivity index (χ1n) is 6.57. The fourth-order valence-electron chi connectivity index (χ4n) is 2.43. The molecule has 21 heavy (non-hydrogen) atoms. The van der Waals surface area contributed by atoms with E-state index in [0.717, 1.165) is 10.4 Å². The Balaban J connectivity index is 2.36. The van der Waals surface area contributed by atoms with Gasteiger partial charge in [0.1, 0.15) is 4.90 Å². The summed E-state index contributed by atoms with van der Waals surface area (Å²) in [7, 11) is -4.26. The maximum Gasteiger partial charge on any atom is 0.246 e. The van der Waals surface area contributed by atoms with E-state index < -0.39 is 38.5 Å². The number of sulfonamides is 1. The Labute approximate surface area is 121 Å². The Morgan fingerprint density at radius 2 is 1.95 bits per heavy atom. The van der Waals surface area contributed by atoms with Gasteiger partial charge in [-0.15, -0.1) is 0 Å². The lowest BCUT2D eigenvalue weighted by Gasteiger charge is -2.33. The fraction of sp³-hybridized carbons (Fsp3) is 0.538. The summed E-state index contributed by atoms with van der Waals surface area (Å²) in [6, 6.07) is 1.30. The Hall–Kier alpha value is -1.12. The van der Waals surface area contributed by atoms with Crippen molar-refractivity contribution in [2.75, 3.05) is 13.1 Å². The van der Waals surface area contributed by atoms with Gasteiger partial charge in [-0.05, 0) is 37.8 Å². The van der Waals surface area contributed by atoms with Crippen molar-refractivity contribution in [2.45, 2.75) is 30.8 Å². The number of aliphatic hydroxyl groups is 1. The van der Waals surface area contributed by atoms with Crippen molar-refractivity contribution in [3.63, 3.8) is 0 Å². The van der Waals surface area contributed by atoms with E-state index in [9.17, 15) is 26.7 Å². The molecule has 0 radical (unpaired) electrons. The highest BCUT2D eigenvalue weighted by Crippen LogP contribution is 2.28. The van der Waals surface area contributed by atoms with E-state index in [2.05, 4.69) is 0 Å². The maximum absolute atomic E-state index is 13.7. The highest BCUT2D eigenvalue weighted by Gasteiger charge is 2.34. The molecule has 0 aliphatic carbocycles. The third-order valence-corrected chi connectivity index (χ3v) is 5.60. The van der Waals surface area contributed by atoms with Gasteiger partial charge in [-0.2, -0.15) is 4.31 Å². The van der Waals surface area contributed by atoms with Gasteiger partial charge in [0.25, 0.3) is 0 Å². The standard InChI is InChI=1S/C13H16F3NO3S/c1-8(18)9-3-2-6-17(7-9)21(19,20)11-5-4-10(14)12(15)13(11)16/h4-5,8-9,18H,2-3,6-7H2,1H3. The van der Waals surface area contributed by atoms with Gasteiger partial charge in [-0.1, -0.05) is 0 Å². The summed E-state index contributed by atoms with van der Waals surface area (Å²) >= 11 is 0. The van der Waals surface area contributed by atoms with Gasteiger partial charge in [0, 0.05) is 13.1 Å². The Morgan fingerprint density at radius 1 is 1.29 bits per heavy atom. The minimum Gasteiger partial charge on any atom is -0.393 e. The van der Waals surface area contributed by atoms with Crippen LogP contribution in [0, 0.1) is 23.4 Å². The number of halogens is 3. The molecule has 1 fully saturated rings. The van der Waals surface area contributed by atoms with Crippen molar-refractivity contribution in [1.82, 2.24) is 4.31 Å². The first-order valence-corrected chi connectivity index (χ1v) is 8.01. The summed E-state index contributed by atoms with van der Waals surface area (Å²) in [5, 5.41) is 9.56. The second-order valence-corrected chi connectivity index (χ2v) is 7.09. The monoisotopic (exact) mass is 323 g/mol. The molecule has 0 bridgehead atoms. The minimum absolute atomic E-state index is 0.0262. The molecule has 0 spiro atoms. The third-order valence-electron chi connectivity index (χ3n) is 3.72. The van der Waals surface area contributed by atoms with E-state index in [4.69, 9.17) is 0 Å². The molecule has 1 aliphatic heterocycles. The minimum atomic E-state index is -4.26. The predicted octanol–water partition coefficient (Wildman–Crippen LogP) is 1.89. The number of benzene rings is 1. The number of hydrogen-bond donors (Lipinski definition) is 1. The molecule has 1 aliphatic rings. The van der Waals surface area contributed by atoms with Gasteiger partial charge in [-0.3, -0.25) is 0 Å². The second-order valence-electron chi connectivity index (χ2n) is 5.18. The SMILES string of the molecule is CC(O)C1CCCN(S(=O)(=O)c2ccc(F)c(F)c2F)C1. The van der Waals surface area contributed by atoms with Gasteiger partial charge < -0.3 is 5.11 Å². The topological polar surface area (TPSA) is 57.6 Å². The van der Waals surface area contributed by atoms with Crippen LogP contribution < -0.4 is 0 Å². The summed E-state index contributed by atoms with van der Waals surface area (Å²) < 4.78 is 65.5. The van der Waals surface area contributed by atoms with E-state index >= 15 is 0 Å². The molecule has 118 valence electrons. The molecule has 1 aromatic carbocycles. The molecular weight excluding hydrogens is 307 g/mol. The van der Waals surface area contributed by atoms with Crippen LogP contribution in [0.15, 0.2) is 17.0 Å². The van der Waals surface area contributed by atoms with Crippen LogP contribution in [0.1, 0.15) is 19.8 Å². The number of nitrogens with zero attached hydrogens (tertiary/aromatic N) is 1. The summed E-state index contributed by atoms with van der Waals surface area (Å²) in [5.74, 6) is -5.22. The van der Waals surface area contributed by atoms with E-state index in [1.807, 2.05) is 0 Å². The average Bonchev–Trinajstić information content (AvgIpc) is 2.44. The Kier molecular flexibility index (Phi) is 4.60. The number of hydrogen-bond acceptors (Lipinski definition) is 3. The van der Waals surface area contributed by atoms with Gasteiger partial charge in [0.05, 0.1) is 6.10 Å². The molecule has 1 saturated heterocycles. The van der Waals surface area contributed by atoms with Crippen LogP contribution >= 0.6 is 0 Å². The quantitative estimate of drug-likeness (QED) is 0.864. The van der Waals surface area contributed by atoms with Gasteiger partial charge in [0.15, 0.2) is 17.5 Å². The predicted molar refractivity (Wildman–Crippen MR) is 69.5 cm³/mol. The van der Waals surface area contributed by atoms with E-state index in [-0.39, 0.29) is 19.0 Å². The zero-order chi connectivity index (χ0) is 15.8. The van der Waals surface area contributed by atoms with Crippen molar-refractivity contribution >= 4 is 10.0 Å². The van der Waals surface area contributed by atoms with Gasteiger partial charge in [-0.25, -0.2) is 21.6 Å². The molecule has 0 amide bonds. The van der Waals surface area contributed by atoms with Crippen LogP contribution in [0.4, 0.5) is 13.2 Å². The van der Waals surface area contributed by atoms with E-state index in [0.29, 0.717) is 18.9 Å².